The normalized spacial score (nSPS) is 10.7. The van der Waals surface area contributed by atoms with Crippen molar-refractivity contribution in [3.63, 3.8) is 0 Å². The average Bonchev–Trinajstić information content (AvgIpc) is 2.70. The van der Waals surface area contributed by atoms with Gasteiger partial charge in [-0.15, -0.1) is 0 Å². The number of nitrogen functional groups attached to an aromatic ring is 1. The fourth-order valence-electron chi connectivity index (χ4n) is 1.84. The second-order valence-electron chi connectivity index (χ2n) is 4.24. The molecule has 4 nitrogen and oxygen atoms in total. The molecule has 0 spiro atoms. The molecule has 0 bridgehead atoms. The average molecular weight is 239 g/mol. The summed E-state index contributed by atoms with van der Waals surface area (Å²) in [6.07, 6.45) is 0. The zero-order chi connectivity index (χ0) is 12.5. The van der Waals surface area contributed by atoms with Gasteiger partial charge in [0, 0.05) is 11.4 Å². The predicted octanol–water partition coefficient (Wildman–Crippen LogP) is 3.46. The van der Waals surface area contributed by atoms with Gasteiger partial charge in [0.1, 0.15) is 5.52 Å². The Morgan fingerprint density at radius 1 is 1.17 bits per heavy atom. The molecule has 0 aliphatic carbocycles. The molecule has 0 radical (unpaired) electrons. The van der Waals surface area contributed by atoms with Gasteiger partial charge in [0.25, 0.3) is 6.01 Å². The van der Waals surface area contributed by atoms with Gasteiger partial charge >= 0.3 is 0 Å². The van der Waals surface area contributed by atoms with Crippen molar-refractivity contribution in [2.24, 2.45) is 0 Å². The highest BCUT2D eigenvalue weighted by Crippen LogP contribution is 2.23. The van der Waals surface area contributed by atoms with Crippen LogP contribution in [0.15, 0.2) is 46.9 Å². The number of nitrogens with one attached hydrogen (secondary N) is 1. The number of hydrogen-bond donors (Lipinski definition) is 2. The number of aryl methyl sites for hydroxylation is 1. The number of nitrogens with two attached hydrogens (primary N) is 1. The first-order valence-corrected chi connectivity index (χ1v) is 5.70. The largest absolute Gasteiger partial charge is 0.423 e. The number of anilines is 3. The molecule has 3 rings (SSSR count). The molecule has 18 heavy (non-hydrogen) atoms. The summed E-state index contributed by atoms with van der Waals surface area (Å²) in [6, 6.07) is 13.9. The Bertz CT molecular complexity index is 703. The second-order valence-corrected chi connectivity index (χ2v) is 4.24. The van der Waals surface area contributed by atoms with Gasteiger partial charge in [-0.05, 0) is 42.8 Å². The lowest BCUT2D eigenvalue weighted by Crippen LogP contribution is -1.90. The van der Waals surface area contributed by atoms with Gasteiger partial charge < -0.3 is 15.5 Å². The first-order valence-electron chi connectivity index (χ1n) is 5.70. The fraction of sp³-hybridized carbons (Fsp3) is 0.0714. The molecule has 0 unspecified atom stereocenters. The molecule has 0 fully saturated rings. The summed E-state index contributed by atoms with van der Waals surface area (Å²) in [6.45, 7) is 2.04. The van der Waals surface area contributed by atoms with Crippen LogP contribution in [0.3, 0.4) is 0 Å². The van der Waals surface area contributed by atoms with Crippen molar-refractivity contribution in [1.82, 2.24) is 4.98 Å². The maximum atomic E-state index is 5.70. The highest BCUT2D eigenvalue weighted by atomic mass is 16.4. The lowest BCUT2D eigenvalue weighted by Gasteiger charge is -2.01. The second kappa shape index (κ2) is 4.07. The van der Waals surface area contributed by atoms with Crippen LogP contribution in [-0.4, -0.2) is 4.98 Å². The molecule has 4 heteroatoms. The highest BCUT2D eigenvalue weighted by molar-refractivity contribution is 5.78. The molecular weight excluding hydrogens is 226 g/mol. The van der Waals surface area contributed by atoms with Crippen molar-refractivity contribution in [2.75, 3.05) is 11.1 Å². The third kappa shape index (κ3) is 2.00. The molecule has 0 saturated carbocycles. The van der Waals surface area contributed by atoms with Crippen LogP contribution in [0.4, 0.5) is 17.4 Å². The maximum absolute atomic E-state index is 5.70. The zero-order valence-electron chi connectivity index (χ0n) is 9.97. The minimum absolute atomic E-state index is 0.473. The number of oxazole rings is 1. The van der Waals surface area contributed by atoms with Crippen molar-refractivity contribution in [1.29, 1.82) is 0 Å². The Balaban J connectivity index is 1.95. The van der Waals surface area contributed by atoms with Crippen molar-refractivity contribution >= 4 is 28.5 Å². The molecule has 0 saturated heterocycles. The fourth-order valence-corrected chi connectivity index (χ4v) is 1.84. The molecule has 0 aliphatic rings. The number of hydrogen-bond acceptors (Lipinski definition) is 4. The monoisotopic (exact) mass is 239 g/mol. The van der Waals surface area contributed by atoms with Crippen LogP contribution in [0.2, 0.25) is 0 Å². The van der Waals surface area contributed by atoms with Crippen molar-refractivity contribution < 1.29 is 4.42 Å². The van der Waals surface area contributed by atoms with Crippen LogP contribution < -0.4 is 11.1 Å². The molecule has 90 valence electrons. The standard InChI is InChI=1S/C14H13N3O/c1-9-3-2-4-11(7-9)16-14-17-12-8-10(15)5-6-13(12)18-14/h2-8H,15H2,1H3,(H,16,17). The lowest BCUT2D eigenvalue weighted by atomic mass is 10.2. The topological polar surface area (TPSA) is 64.1 Å². The van der Waals surface area contributed by atoms with E-state index in [2.05, 4.69) is 10.3 Å². The summed E-state index contributed by atoms with van der Waals surface area (Å²) in [5, 5.41) is 3.14. The Kier molecular flexibility index (Phi) is 2.41. The van der Waals surface area contributed by atoms with E-state index in [1.54, 1.807) is 12.1 Å². The van der Waals surface area contributed by atoms with Crippen LogP contribution in [0.1, 0.15) is 5.56 Å². The molecular formula is C14H13N3O. The number of nitrogens with zero attached hydrogens (tertiary/aromatic N) is 1. The third-order valence-electron chi connectivity index (χ3n) is 2.68. The van der Waals surface area contributed by atoms with Gasteiger partial charge in [-0.2, -0.15) is 4.98 Å². The SMILES string of the molecule is Cc1cccc(Nc2nc3cc(N)ccc3o2)c1. The lowest BCUT2D eigenvalue weighted by molar-refractivity contribution is 0.623. The first kappa shape index (κ1) is 10.7. The Morgan fingerprint density at radius 2 is 2.06 bits per heavy atom. The van der Waals surface area contributed by atoms with Gasteiger partial charge in [0.05, 0.1) is 0 Å². The van der Waals surface area contributed by atoms with E-state index in [4.69, 9.17) is 10.2 Å². The molecule has 0 atom stereocenters. The van der Waals surface area contributed by atoms with E-state index in [-0.39, 0.29) is 0 Å². The van der Waals surface area contributed by atoms with E-state index in [9.17, 15) is 0 Å². The number of fused-ring (bicyclic) bond motifs is 1. The molecule has 1 aromatic heterocycles. The van der Waals surface area contributed by atoms with E-state index in [0.717, 1.165) is 16.8 Å². The summed E-state index contributed by atoms with van der Waals surface area (Å²) < 4.78 is 5.59. The van der Waals surface area contributed by atoms with E-state index in [1.165, 1.54) is 5.56 Å². The summed E-state index contributed by atoms with van der Waals surface area (Å²) in [5.41, 5.74) is 9.99. The van der Waals surface area contributed by atoms with E-state index in [0.29, 0.717) is 11.7 Å². The third-order valence-corrected chi connectivity index (χ3v) is 2.68. The van der Waals surface area contributed by atoms with E-state index in [1.807, 2.05) is 37.3 Å². The highest BCUT2D eigenvalue weighted by Gasteiger charge is 2.05. The molecule has 0 amide bonds. The van der Waals surface area contributed by atoms with Crippen LogP contribution >= 0.6 is 0 Å². The van der Waals surface area contributed by atoms with Gasteiger partial charge in [-0.3, -0.25) is 0 Å². The number of rotatable bonds is 2. The zero-order valence-corrected chi connectivity index (χ0v) is 9.97. The molecule has 2 aromatic carbocycles. The Hall–Kier alpha value is -2.49. The Morgan fingerprint density at radius 3 is 2.89 bits per heavy atom. The molecule has 3 aromatic rings. The van der Waals surface area contributed by atoms with Crippen molar-refractivity contribution in [3.8, 4) is 0 Å². The number of benzene rings is 2. The summed E-state index contributed by atoms with van der Waals surface area (Å²) >= 11 is 0. The van der Waals surface area contributed by atoms with Crippen LogP contribution in [0, 0.1) is 6.92 Å². The summed E-state index contributed by atoms with van der Waals surface area (Å²) in [5.74, 6) is 0. The van der Waals surface area contributed by atoms with Gasteiger partial charge in [-0.1, -0.05) is 12.1 Å². The smallest absolute Gasteiger partial charge is 0.300 e. The predicted molar refractivity (Wildman–Crippen MR) is 72.9 cm³/mol. The molecule has 3 N–H and O–H groups in total. The number of aromatic nitrogens is 1. The van der Waals surface area contributed by atoms with Gasteiger partial charge in [0.15, 0.2) is 5.58 Å². The van der Waals surface area contributed by atoms with E-state index >= 15 is 0 Å². The first-order chi connectivity index (χ1) is 8.70. The molecule has 0 aliphatic heterocycles. The van der Waals surface area contributed by atoms with Crippen molar-refractivity contribution in [3.05, 3.63) is 48.0 Å². The Labute approximate surface area is 104 Å². The summed E-state index contributed by atoms with van der Waals surface area (Å²) in [7, 11) is 0. The van der Waals surface area contributed by atoms with Crippen LogP contribution in [0.5, 0.6) is 0 Å². The van der Waals surface area contributed by atoms with Gasteiger partial charge in [-0.25, -0.2) is 0 Å². The van der Waals surface area contributed by atoms with Crippen LogP contribution in [0.25, 0.3) is 11.1 Å². The minimum Gasteiger partial charge on any atom is -0.423 e. The quantitative estimate of drug-likeness (QED) is 0.672. The van der Waals surface area contributed by atoms with Gasteiger partial charge in [0.2, 0.25) is 0 Å². The molecule has 1 heterocycles. The van der Waals surface area contributed by atoms with Crippen LogP contribution in [-0.2, 0) is 0 Å². The maximum Gasteiger partial charge on any atom is 0.300 e. The minimum atomic E-state index is 0.473. The van der Waals surface area contributed by atoms with E-state index < -0.39 is 0 Å². The summed E-state index contributed by atoms with van der Waals surface area (Å²) in [4.78, 5) is 4.34. The van der Waals surface area contributed by atoms with Crippen molar-refractivity contribution in [2.45, 2.75) is 6.92 Å².